The Kier molecular flexibility index (Phi) is 1.70. The second kappa shape index (κ2) is 2.93. The summed E-state index contributed by atoms with van der Waals surface area (Å²) in [7, 11) is 0. The standard InChI is InChI=1S/C10H11N3O2/c14-6-4-8-10(15)12-9-7(13(8)5-6)2-1-3-11-9/h1-3,6,8,14H,4-5H2,(H,11,12,15). The van der Waals surface area contributed by atoms with Gasteiger partial charge in [0, 0.05) is 19.2 Å². The smallest absolute Gasteiger partial charge is 0.248 e. The van der Waals surface area contributed by atoms with Crippen molar-refractivity contribution in [1.29, 1.82) is 0 Å². The number of nitrogens with one attached hydrogen (secondary N) is 1. The summed E-state index contributed by atoms with van der Waals surface area (Å²) in [5, 5.41) is 12.3. The van der Waals surface area contributed by atoms with E-state index in [-0.39, 0.29) is 11.9 Å². The molecule has 78 valence electrons. The van der Waals surface area contributed by atoms with E-state index in [0.29, 0.717) is 18.8 Å². The van der Waals surface area contributed by atoms with E-state index in [1.165, 1.54) is 0 Å². The van der Waals surface area contributed by atoms with E-state index < -0.39 is 6.10 Å². The van der Waals surface area contributed by atoms with Gasteiger partial charge in [-0.05, 0) is 12.1 Å². The Labute approximate surface area is 86.7 Å². The van der Waals surface area contributed by atoms with Gasteiger partial charge in [-0.3, -0.25) is 4.79 Å². The quantitative estimate of drug-likeness (QED) is 0.624. The summed E-state index contributed by atoms with van der Waals surface area (Å²) in [5.74, 6) is 0.519. The van der Waals surface area contributed by atoms with Crippen LogP contribution < -0.4 is 10.2 Å². The lowest BCUT2D eigenvalue weighted by atomic mass is 10.1. The molecule has 0 bridgehead atoms. The van der Waals surface area contributed by atoms with Crippen molar-refractivity contribution in [2.75, 3.05) is 16.8 Å². The van der Waals surface area contributed by atoms with E-state index in [9.17, 15) is 9.90 Å². The van der Waals surface area contributed by atoms with E-state index >= 15 is 0 Å². The monoisotopic (exact) mass is 205 g/mol. The first-order valence-corrected chi connectivity index (χ1v) is 4.96. The number of hydrogen-bond acceptors (Lipinski definition) is 4. The molecular formula is C10H11N3O2. The maximum Gasteiger partial charge on any atom is 0.248 e. The van der Waals surface area contributed by atoms with Crippen LogP contribution in [-0.4, -0.2) is 34.7 Å². The Hall–Kier alpha value is -1.62. The summed E-state index contributed by atoms with van der Waals surface area (Å²) >= 11 is 0. The zero-order valence-electron chi connectivity index (χ0n) is 8.05. The minimum Gasteiger partial charge on any atom is -0.391 e. The fourth-order valence-corrected chi connectivity index (χ4v) is 2.25. The molecule has 0 saturated carbocycles. The number of aliphatic hydroxyl groups excluding tert-OH is 1. The number of anilines is 2. The number of aliphatic hydroxyl groups is 1. The molecule has 1 fully saturated rings. The number of carbonyl (C=O) groups is 1. The van der Waals surface area contributed by atoms with E-state index in [4.69, 9.17) is 0 Å². The van der Waals surface area contributed by atoms with Crippen molar-refractivity contribution in [2.45, 2.75) is 18.6 Å². The molecule has 5 nitrogen and oxygen atoms in total. The van der Waals surface area contributed by atoms with Crippen molar-refractivity contribution in [1.82, 2.24) is 4.98 Å². The maximum atomic E-state index is 11.7. The number of amides is 1. The SMILES string of the molecule is O=C1Nc2ncccc2N2CC(O)CC12. The number of pyridine rings is 1. The summed E-state index contributed by atoms with van der Waals surface area (Å²) in [5.41, 5.74) is 0.902. The zero-order valence-corrected chi connectivity index (χ0v) is 8.05. The summed E-state index contributed by atoms with van der Waals surface area (Å²) < 4.78 is 0. The third kappa shape index (κ3) is 1.20. The summed E-state index contributed by atoms with van der Waals surface area (Å²) in [6.07, 6.45) is 1.72. The normalized spacial score (nSPS) is 28.3. The predicted octanol–water partition coefficient (Wildman–Crippen LogP) is -0.0267. The van der Waals surface area contributed by atoms with Crippen LogP contribution in [0.15, 0.2) is 18.3 Å². The number of nitrogens with zero attached hydrogens (tertiary/aromatic N) is 2. The van der Waals surface area contributed by atoms with Crippen molar-refractivity contribution in [3.8, 4) is 0 Å². The fourth-order valence-electron chi connectivity index (χ4n) is 2.25. The van der Waals surface area contributed by atoms with Crippen molar-refractivity contribution >= 4 is 17.4 Å². The van der Waals surface area contributed by atoms with Gasteiger partial charge in [-0.25, -0.2) is 4.98 Å². The Morgan fingerprint density at radius 2 is 2.47 bits per heavy atom. The third-order valence-electron chi connectivity index (χ3n) is 2.92. The molecule has 0 radical (unpaired) electrons. The van der Waals surface area contributed by atoms with Crippen LogP contribution in [0, 0.1) is 0 Å². The fraction of sp³-hybridized carbons (Fsp3) is 0.400. The zero-order chi connectivity index (χ0) is 10.4. The van der Waals surface area contributed by atoms with Crippen LogP contribution in [-0.2, 0) is 4.79 Å². The van der Waals surface area contributed by atoms with Gasteiger partial charge in [0.25, 0.3) is 0 Å². The van der Waals surface area contributed by atoms with E-state index in [1.807, 2.05) is 17.0 Å². The average Bonchev–Trinajstić information content (AvgIpc) is 2.61. The van der Waals surface area contributed by atoms with E-state index in [0.717, 1.165) is 5.69 Å². The highest BCUT2D eigenvalue weighted by atomic mass is 16.3. The molecule has 2 aliphatic heterocycles. The van der Waals surface area contributed by atoms with Crippen LogP contribution in [0.3, 0.4) is 0 Å². The highest BCUT2D eigenvalue weighted by molar-refractivity contribution is 6.02. The lowest BCUT2D eigenvalue weighted by molar-refractivity contribution is -0.117. The van der Waals surface area contributed by atoms with Gasteiger partial charge in [0.2, 0.25) is 5.91 Å². The lowest BCUT2D eigenvalue weighted by Gasteiger charge is -2.31. The second-order valence-electron chi connectivity index (χ2n) is 3.92. The van der Waals surface area contributed by atoms with Crippen LogP contribution in [0.5, 0.6) is 0 Å². The Balaban J connectivity index is 2.08. The van der Waals surface area contributed by atoms with Gasteiger partial charge in [-0.2, -0.15) is 0 Å². The van der Waals surface area contributed by atoms with Crippen LogP contribution in [0.25, 0.3) is 0 Å². The van der Waals surface area contributed by atoms with Crippen molar-refractivity contribution < 1.29 is 9.90 Å². The first-order valence-electron chi connectivity index (χ1n) is 4.96. The first-order chi connectivity index (χ1) is 7.25. The van der Waals surface area contributed by atoms with Crippen LogP contribution in [0.1, 0.15) is 6.42 Å². The van der Waals surface area contributed by atoms with Gasteiger partial charge in [0.1, 0.15) is 6.04 Å². The Morgan fingerprint density at radius 1 is 1.60 bits per heavy atom. The molecule has 2 atom stereocenters. The number of hydrogen-bond donors (Lipinski definition) is 2. The highest BCUT2D eigenvalue weighted by Crippen LogP contribution is 2.34. The van der Waals surface area contributed by atoms with Crippen molar-refractivity contribution in [2.24, 2.45) is 0 Å². The van der Waals surface area contributed by atoms with Gasteiger partial charge in [-0.1, -0.05) is 0 Å². The molecule has 1 aromatic heterocycles. The van der Waals surface area contributed by atoms with Crippen molar-refractivity contribution in [3.05, 3.63) is 18.3 Å². The van der Waals surface area contributed by atoms with E-state index in [1.54, 1.807) is 6.20 Å². The van der Waals surface area contributed by atoms with Crippen LogP contribution in [0.4, 0.5) is 11.5 Å². The van der Waals surface area contributed by atoms with E-state index in [2.05, 4.69) is 10.3 Å². The number of rotatable bonds is 0. The molecule has 2 aliphatic rings. The van der Waals surface area contributed by atoms with Gasteiger partial charge in [0.05, 0.1) is 11.8 Å². The molecule has 0 aliphatic carbocycles. The summed E-state index contributed by atoms with van der Waals surface area (Å²) in [6.45, 7) is 0.511. The van der Waals surface area contributed by atoms with Crippen molar-refractivity contribution in [3.63, 3.8) is 0 Å². The first kappa shape index (κ1) is 8.67. The molecular weight excluding hydrogens is 194 g/mol. The molecule has 1 saturated heterocycles. The minimum absolute atomic E-state index is 0.0715. The molecule has 3 heterocycles. The minimum atomic E-state index is -0.424. The lowest BCUT2D eigenvalue weighted by Crippen LogP contribution is -2.44. The Morgan fingerprint density at radius 3 is 3.33 bits per heavy atom. The largest absolute Gasteiger partial charge is 0.391 e. The van der Waals surface area contributed by atoms with Gasteiger partial charge in [0.15, 0.2) is 5.82 Å². The van der Waals surface area contributed by atoms with Crippen LogP contribution in [0.2, 0.25) is 0 Å². The molecule has 1 amide bonds. The maximum absolute atomic E-state index is 11.7. The molecule has 3 rings (SSSR count). The molecule has 15 heavy (non-hydrogen) atoms. The predicted molar refractivity (Wildman–Crippen MR) is 54.6 cm³/mol. The topological polar surface area (TPSA) is 65.5 Å². The third-order valence-corrected chi connectivity index (χ3v) is 2.92. The highest BCUT2D eigenvalue weighted by Gasteiger charge is 2.40. The molecule has 0 aromatic carbocycles. The second-order valence-corrected chi connectivity index (χ2v) is 3.92. The molecule has 0 spiro atoms. The van der Waals surface area contributed by atoms with Gasteiger partial charge < -0.3 is 15.3 Å². The van der Waals surface area contributed by atoms with Crippen LogP contribution >= 0.6 is 0 Å². The molecule has 2 N–H and O–H groups in total. The number of fused-ring (bicyclic) bond motifs is 3. The molecule has 1 aromatic rings. The molecule has 2 unspecified atom stereocenters. The number of aromatic nitrogens is 1. The van der Waals surface area contributed by atoms with Gasteiger partial charge >= 0.3 is 0 Å². The van der Waals surface area contributed by atoms with Gasteiger partial charge in [-0.15, -0.1) is 0 Å². The number of carbonyl (C=O) groups excluding carboxylic acids is 1. The molecule has 5 heteroatoms. The Bertz CT molecular complexity index is 421. The average molecular weight is 205 g/mol. The summed E-state index contributed by atoms with van der Waals surface area (Å²) in [6, 6.07) is 3.50. The summed E-state index contributed by atoms with van der Waals surface area (Å²) in [4.78, 5) is 17.7.